The van der Waals surface area contributed by atoms with E-state index in [4.69, 9.17) is 16.3 Å². The third kappa shape index (κ3) is 6.93. The smallest absolute Gasteiger partial charge is 0.232 e. The average Bonchev–Trinajstić information content (AvgIpc) is 3.36. The van der Waals surface area contributed by atoms with Crippen molar-refractivity contribution in [2.75, 3.05) is 26.0 Å². The van der Waals surface area contributed by atoms with Crippen LogP contribution in [-0.4, -0.2) is 57.2 Å². The minimum Gasteiger partial charge on any atom is -0.377 e. The number of benzene rings is 1. The molecule has 3 rings (SSSR count). The molecule has 7 nitrogen and oxygen atoms in total. The van der Waals surface area contributed by atoms with Crippen molar-refractivity contribution in [3.8, 4) is 0 Å². The second-order valence-corrected chi connectivity index (χ2v) is 11.5. The molecule has 1 aliphatic carbocycles. The first-order valence-corrected chi connectivity index (χ1v) is 13.6. The molecule has 0 bridgehead atoms. The lowest BCUT2D eigenvalue weighted by atomic mass is 9.87. The van der Waals surface area contributed by atoms with E-state index < -0.39 is 15.8 Å². The average molecular weight is 484 g/mol. The third-order valence-electron chi connectivity index (χ3n) is 6.05. The topological polar surface area (TPSA) is 88.1 Å². The molecule has 0 aromatic heterocycles. The van der Waals surface area contributed by atoms with E-state index in [0.717, 1.165) is 37.6 Å². The number of halogens is 1. The lowest BCUT2D eigenvalue weighted by Crippen LogP contribution is -2.34. The summed E-state index contributed by atoms with van der Waals surface area (Å²) < 4.78 is 29.4. The van der Waals surface area contributed by atoms with Crippen molar-refractivity contribution in [1.29, 1.82) is 0 Å². The minimum absolute atomic E-state index is 0.0855. The van der Waals surface area contributed by atoms with Crippen molar-refractivity contribution in [3.63, 3.8) is 0 Å². The van der Waals surface area contributed by atoms with Crippen molar-refractivity contribution in [2.24, 2.45) is 11.0 Å². The van der Waals surface area contributed by atoms with Gasteiger partial charge in [0.05, 0.1) is 35.1 Å². The molecule has 32 heavy (non-hydrogen) atoms. The van der Waals surface area contributed by atoms with Crippen LogP contribution < -0.4 is 5.32 Å². The van der Waals surface area contributed by atoms with Crippen molar-refractivity contribution in [1.82, 2.24) is 10.3 Å². The first-order chi connectivity index (χ1) is 15.1. The van der Waals surface area contributed by atoms with E-state index in [0.29, 0.717) is 31.3 Å². The molecule has 0 unspecified atom stereocenters. The Morgan fingerprint density at radius 3 is 2.66 bits per heavy atom. The van der Waals surface area contributed by atoms with Crippen LogP contribution in [-0.2, 0) is 19.4 Å². The van der Waals surface area contributed by atoms with Crippen LogP contribution >= 0.6 is 11.6 Å². The second-order valence-electron chi connectivity index (χ2n) is 9.06. The Kier molecular flexibility index (Phi) is 8.58. The number of hydrogen-bond acceptors (Lipinski definition) is 6. The fourth-order valence-electron chi connectivity index (χ4n) is 4.39. The fourth-order valence-corrected chi connectivity index (χ4v) is 5.72. The molecule has 1 atom stereocenters. The Morgan fingerprint density at radius 2 is 2.03 bits per heavy atom. The van der Waals surface area contributed by atoms with Crippen LogP contribution in [0.15, 0.2) is 28.2 Å². The van der Waals surface area contributed by atoms with Crippen molar-refractivity contribution < 1.29 is 17.9 Å². The maximum atomic E-state index is 13.3. The summed E-state index contributed by atoms with van der Waals surface area (Å²) in [6, 6.07) is 4.85. The predicted molar refractivity (Wildman–Crippen MR) is 127 cm³/mol. The highest BCUT2D eigenvalue weighted by atomic mass is 35.5. The van der Waals surface area contributed by atoms with Crippen molar-refractivity contribution in [3.05, 3.63) is 28.8 Å². The van der Waals surface area contributed by atoms with E-state index in [-0.39, 0.29) is 21.9 Å². The molecule has 1 aromatic carbocycles. The van der Waals surface area contributed by atoms with Crippen LogP contribution in [0.1, 0.15) is 63.9 Å². The lowest BCUT2D eigenvalue weighted by Gasteiger charge is -2.21. The van der Waals surface area contributed by atoms with Gasteiger partial charge in [0, 0.05) is 19.2 Å². The van der Waals surface area contributed by atoms with E-state index in [1.165, 1.54) is 18.9 Å². The molecule has 1 saturated carbocycles. The molecular formula is C23H34ClN3O4S. The molecule has 0 spiro atoms. The zero-order valence-electron chi connectivity index (χ0n) is 19.1. The van der Waals surface area contributed by atoms with Gasteiger partial charge in [-0.05, 0) is 43.9 Å². The van der Waals surface area contributed by atoms with E-state index >= 15 is 0 Å². The quantitative estimate of drug-likeness (QED) is 0.574. The number of carbonyl (C=O) groups excluding carboxylic acids is 1. The van der Waals surface area contributed by atoms with Crippen LogP contribution in [0.5, 0.6) is 0 Å². The molecule has 1 amide bonds. The SMILES string of the molecule is CC(C)OCCN1CCC(NC(=O)[C@H](CC2CCCC2)c2ccc(S(C)(=O)=O)c(Cl)c2)=N1. The summed E-state index contributed by atoms with van der Waals surface area (Å²) in [6.07, 6.45) is 7.31. The van der Waals surface area contributed by atoms with Gasteiger partial charge in [0.15, 0.2) is 9.84 Å². The first-order valence-electron chi connectivity index (χ1n) is 11.4. The van der Waals surface area contributed by atoms with Crippen LogP contribution in [0.3, 0.4) is 0 Å². The van der Waals surface area contributed by atoms with E-state index in [2.05, 4.69) is 10.4 Å². The molecule has 1 heterocycles. The Hall–Kier alpha value is -1.64. The number of nitrogens with one attached hydrogen (secondary N) is 1. The highest BCUT2D eigenvalue weighted by molar-refractivity contribution is 7.90. The van der Waals surface area contributed by atoms with Crippen LogP contribution in [0.4, 0.5) is 0 Å². The standard InChI is InChI=1S/C23H34ClN3O4S/c1-16(2)31-13-12-27-11-10-22(26-27)25-23(28)19(14-17-6-4-5-7-17)18-8-9-21(20(24)15-18)32(3,29)30/h8-9,15-17,19H,4-7,10-14H2,1-3H3,(H,25,26,28)/t19-/m1/s1. The summed E-state index contributed by atoms with van der Waals surface area (Å²) >= 11 is 6.29. The number of hydrogen-bond donors (Lipinski definition) is 1. The molecule has 1 aromatic rings. The summed E-state index contributed by atoms with van der Waals surface area (Å²) in [7, 11) is -3.42. The van der Waals surface area contributed by atoms with Gasteiger partial charge < -0.3 is 10.1 Å². The van der Waals surface area contributed by atoms with Gasteiger partial charge in [-0.3, -0.25) is 9.80 Å². The van der Waals surface area contributed by atoms with Gasteiger partial charge in [-0.2, -0.15) is 5.10 Å². The fraction of sp³-hybridized carbons (Fsp3) is 0.652. The number of hydrazone groups is 1. The van der Waals surface area contributed by atoms with E-state index in [1.807, 2.05) is 18.9 Å². The maximum absolute atomic E-state index is 13.3. The summed E-state index contributed by atoms with van der Waals surface area (Å²) in [5, 5.41) is 9.62. The Labute approximate surface area is 196 Å². The maximum Gasteiger partial charge on any atom is 0.232 e. The molecule has 178 valence electrons. The number of nitrogens with zero attached hydrogens (tertiary/aromatic N) is 2. The molecule has 1 N–H and O–H groups in total. The highest BCUT2D eigenvalue weighted by Gasteiger charge is 2.29. The zero-order chi connectivity index (χ0) is 23.3. The Morgan fingerprint density at radius 1 is 1.31 bits per heavy atom. The summed E-state index contributed by atoms with van der Waals surface area (Å²) in [5.74, 6) is 0.633. The van der Waals surface area contributed by atoms with Gasteiger partial charge in [0.2, 0.25) is 5.91 Å². The first kappa shape index (κ1) is 25.0. The molecule has 1 aliphatic heterocycles. The van der Waals surface area contributed by atoms with Crippen LogP contribution in [0.25, 0.3) is 0 Å². The van der Waals surface area contributed by atoms with Crippen LogP contribution in [0, 0.1) is 5.92 Å². The third-order valence-corrected chi connectivity index (χ3v) is 7.63. The van der Waals surface area contributed by atoms with Gasteiger partial charge in [-0.25, -0.2) is 8.42 Å². The molecule has 9 heteroatoms. The monoisotopic (exact) mass is 483 g/mol. The predicted octanol–water partition coefficient (Wildman–Crippen LogP) is 3.97. The molecule has 1 fully saturated rings. The summed E-state index contributed by atoms with van der Waals surface area (Å²) in [5.41, 5.74) is 0.743. The second kappa shape index (κ2) is 11.0. The lowest BCUT2D eigenvalue weighted by molar-refractivity contribution is -0.121. The molecule has 0 radical (unpaired) electrons. The minimum atomic E-state index is -3.42. The van der Waals surface area contributed by atoms with Gasteiger partial charge in [0.1, 0.15) is 5.84 Å². The molecule has 0 saturated heterocycles. The van der Waals surface area contributed by atoms with Gasteiger partial charge >= 0.3 is 0 Å². The van der Waals surface area contributed by atoms with E-state index in [1.54, 1.807) is 12.1 Å². The largest absolute Gasteiger partial charge is 0.377 e. The Balaban J connectivity index is 1.73. The molecule has 2 aliphatic rings. The van der Waals surface area contributed by atoms with Crippen molar-refractivity contribution >= 4 is 33.2 Å². The van der Waals surface area contributed by atoms with Crippen LogP contribution in [0.2, 0.25) is 5.02 Å². The highest BCUT2D eigenvalue weighted by Crippen LogP contribution is 2.36. The Bertz CT molecular complexity index is 943. The number of ether oxygens (including phenoxy) is 1. The number of amidine groups is 1. The van der Waals surface area contributed by atoms with Gasteiger partial charge in [-0.1, -0.05) is 43.4 Å². The zero-order valence-corrected chi connectivity index (χ0v) is 20.7. The number of rotatable bonds is 9. The molecular weight excluding hydrogens is 450 g/mol. The van der Waals surface area contributed by atoms with Crippen molar-refractivity contribution in [2.45, 2.75) is 69.3 Å². The number of carbonyl (C=O) groups is 1. The number of amides is 1. The van der Waals surface area contributed by atoms with Gasteiger partial charge in [-0.15, -0.1) is 0 Å². The summed E-state index contributed by atoms with van der Waals surface area (Å²) in [6.45, 7) is 6.03. The normalized spacial score (nSPS) is 18.3. The summed E-state index contributed by atoms with van der Waals surface area (Å²) in [4.78, 5) is 13.4. The number of sulfone groups is 1. The van der Waals surface area contributed by atoms with Gasteiger partial charge in [0.25, 0.3) is 0 Å². The van der Waals surface area contributed by atoms with E-state index in [9.17, 15) is 13.2 Å².